The molecule has 1 aromatic carbocycles. The molecule has 2 heterocycles. The monoisotopic (exact) mass is 369 g/mol. The van der Waals surface area contributed by atoms with E-state index in [2.05, 4.69) is 15.4 Å². The highest BCUT2D eigenvalue weighted by atomic mass is 16.5. The third kappa shape index (κ3) is 4.02. The summed E-state index contributed by atoms with van der Waals surface area (Å²) in [5.41, 5.74) is 0.943. The number of benzene rings is 1. The van der Waals surface area contributed by atoms with Crippen LogP contribution in [0.2, 0.25) is 0 Å². The van der Waals surface area contributed by atoms with Crippen molar-refractivity contribution in [2.75, 3.05) is 7.11 Å². The zero-order valence-corrected chi connectivity index (χ0v) is 15.0. The lowest BCUT2D eigenvalue weighted by Crippen LogP contribution is -2.45. The summed E-state index contributed by atoms with van der Waals surface area (Å²) in [7, 11) is 2.94. The second-order valence-corrected chi connectivity index (χ2v) is 6.02. The van der Waals surface area contributed by atoms with Crippen molar-refractivity contribution in [3.8, 4) is 0 Å². The van der Waals surface area contributed by atoms with Crippen LogP contribution in [0.3, 0.4) is 0 Å². The zero-order chi connectivity index (χ0) is 19.4. The van der Waals surface area contributed by atoms with Crippen LogP contribution in [0.5, 0.6) is 0 Å². The maximum atomic E-state index is 12.4. The highest BCUT2D eigenvalue weighted by Gasteiger charge is 2.22. The van der Waals surface area contributed by atoms with E-state index in [1.165, 1.54) is 28.9 Å². The van der Waals surface area contributed by atoms with Gasteiger partial charge >= 0.3 is 5.97 Å². The topological polar surface area (TPSA) is 108 Å². The van der Waals surface area contributed by atoms with E-state index in [0.29, 0.717) is 11.0 Å². The molecule has 9 heteroatoms. The first kappa shape index (κ1) is 18.3. The number of aryl methyl sites for hydroxylation is 1. The molecule has 9 nitrogen and oxygen atoms in total. The Morgan fingerprint density at radius 3 is 2.70 bits per heavy atom. The molecule has 0 saturated heterocycles. The molecule has 0 unspecified atom stereocenters. The minimum absolute atomic E-state index is 0.265. The van der Waals surface area contributed by atoms with Gasteiger partial charge < -0.3 is 10.1 Å². The van der Waals surface area contributed by atoms with Crippen LogP contribution >= 0.6 is 0 Å². The van der Waals surface area contributed by atoms with Crippen molar-refractivity contribution in [1.29, 1.82) is 0 Å². The molecule has 2 aromatic heterocycles. The largest absolute Gasteiger partial charge is 0.467 e. The number of carbonyl (C=O) groups is 2. The van der Waals surface area contributed by atoms with Crippen LogP contribution < -0.4 is 10.9 Å². The standard InChI is InChI=1S/C18H19N5O4/c1-22-16-13(9-20-22)17(25)23(11-19-16)10-15(24)21-14(18(26)27-2)8-12-6-4-3-5-7-12/h3-7,9,11,14H,8,10H2,1-2H3,(H,21,24)/t14-/m0/s1. The summed E-state index contributed by atoms with van der Waals surface area (Å²) < 4.78 is 7.43. The van der Waals surface area contributed by atoms with Crippen LogP contribution in [0.1, 0.15) is 5.56 Å². The average Bonchev–Trinajstić information content (AvgIpc) is 3.05. The fourth-order valence-electron chi connectivity index (χ4n) is 2.76. The first-order chi connectivity index (χ1) is 13.0. The van der Waals surface area contributed by atoms with Crippen LogP contribution in [0.4, 0.5) is 0 Å². The van der Waals surface area contributed by atoms with Crippen molar-refractivity contribution in [3.05, 3.63) is 58.8 Å². The van der Waals surface area contributed by atoms with Gasteiger partial charge in [-0.15, -0.1) is 0 Å². The first-order valence-electron chi connectivity index (χ1n) is 8.28. The van der Waals surface area contributed by atoms with Gasteiger partial charge in [0.05, 0.1) is 13.3 Å². The van der Waals surface area contributed by atoms with Crippen LogP contribution in [0.15, 0.2) is 47.7 Å². The van der Waals surface area contributed by atoms with Crippen molar-refractivity contribution in [1.82, 2.24) is 24.6 Å². The molecule has 0 spiro atoms. The van der Waals surface area contributed by atoms with E-state index in [1.807, 2.05) is 30.3 Å². The lowest BCUT2D eigenvalue weighted by atomic mass is 10.1. The van der Waals surface area contributed by atoms with Crippen LogP contribution in [-0.4, -0.2) is 44.4 Å². The predicted molar refractivity (Wildman–Crippen MR) is 96.9 cm³/mol. The van der Waals surface area contributed by atoms with Gasteiger partial charge in [0.15, 0.2) is 5.65 Å². The fraction of sp³-hybridized carbons (Fsp3) is 0.278. The lowest BCUT2D eigenvalue weighted by Gasteiger charge is -2.17. The maximum absolute atomic E-state index is 12.4. The highest BCUT2D eigenvalue weighted by Crippen LogP contribution is 2.05. The average molecular weight is 369 g/mol. The van der Waals surface area contributed by atoms with Crippen LogP contribution in [-0.2, 0) is 34.3 Å². The molecule has 27 heavy (non-hydrogen) atoms. The maximum Gasteiger partial charge on any atom is 0.328 e. The molecule has 140 valence electrons. The van der Waals surface area contributed by atoms with Gasteiger partial charge in [-0.3, -0.25) is 18.8 Å². The zero-order valence-electron chi connectivity index (χ0n) is 15.0. The molecule has 0 aliphatic rings. The molecule has 0 bridgehead atoms. The van der Waals surface area contributed by atoms with Crippen LogP contribution in [0, 0.1) is 0 Å². The summed E-state index contributed by atoms with van der Waals surface area (Å²) in [4.78, 5) is 41.0. The van der Waals surface area contributed by atoms with Crippen molar-refractivity contribution in [2.45, 2.75) is 19.0 Å². The minimum atomic E-state index is -0.851. The number of hydrogen-bond acceptors (Lipinski definition) is 6. The molecule has 3 aromatic rings. The number of esters is 1. The summed E-state index contributed by atoms with van der Waals surface area (Å²) >= 11 is 0. The molecular formula is C18H19N5O4. The van der Waals surface area contributed by atoms with Gasteiger partial charge in [-0.2, -0.15) is 5.10 Å². The van der Waals surface area contributed by atoms with E-state index >= 15 is 0 Å². The second-order valence-electron chi connectivity index (χ2n) is 6.02. The van der Waals surface area contributed by atoms with Crippen molar-refractivity contribution in [3.63, 3.8) is 0 Å². The number of ether oxygens (including phenoxy) is 1. The van der Waals surface area contributed by atoms with E-state index in [0.717, 1.165) is 5.56 Å². The van der Waals surface area contributed by atoms with Crippen molar-refractivity contribution < 1.29 is 14.3 Å². The summed E-state index contributed by atoms with van der Waals surface area (Å²) in [5, 5.41) is 6.93. The van der Waals surface area contributed by atoms with Gasteiger partial charge in [0, 0.05) is 13.5 Å². The Hall–Kier alpha value is -3.49. The van der Waals surface area contributed by atoms with E-state index in [9.17, 15) is 14.4 Å². The predicted octanol–water partition coefficient (Wildman–Crippen LogP) is 0.0305. The SMILES string of the molecule is COC(=O)[C@H](Cc1ccccc1)NC(=O)Cn1cnc2c(cnn2C)c1=O. The summed E-state index contributed by atoms with van der Waals surface area (Å²) in [6, 6.07) is 8.42. The number of methoxy groups -OCH3 is 1. The number of amides is 1. The third-order valence-corrected chi connectivity index (χ3v) is 4.14. The first-order valence-corrected chi connectivity index (χ1v) is 8.28. The van der Waals surface area contributed by atoms with Gasteiger partial charge in [0.1, 0.15) is 24.3 Å². The Balaban J connectivity index is 1.75. The minimum Gasteiger partial charge on any atom is -0.467 e. The molecule has 1 atom stereocenters. The number of carbonyl (C=O) groups excluding carboxylic acids is 2. The molecule has 0 aliphatic carbocycles. The smallest absolute Gasteiger partial charge is 0.328 e. The Morgan fingerprint density at radius 2 is 2.00 bits per heavy atom. The number of rotatable bonds is 6. The van der Waals surface area contributed by atoms with E-state index in [4.69, 9.17) is 4.74 Å². The van der Waals surface area contributed by atoms with Crippen LogP contribution in [0.25, 0.3) is 11.0 Å². The van der Waals surface area contributed by atoms with Gasteiger partial charge in [0.25, 0.3) is 5.56 Å². The fourth-order valence-corrected chi connectivity index (χ4v) is 2.76. The third-order valence-electron chi connectivity index (χ3n) is 4.14. The Labute approximate surface area is 154 Å². The number of hydrogen-bond donors (Lipinski definition) is 1. The number of nitrogens with zero attached hydrogens (tertiary/aromatic N) is 4. The van der Waals surface area contributed by atoms with Gasteiger partial charge in [0.2, 0.25) is 5.91 Å². The Bertz CT molecular complexity index is 1030. The van der Waals surface area contributed by atoms with E-state index in [1.54, 1.807) is 7.05 Å². The van der Waals surface area contributed by atoms with Gasteiger partial charge in [-0.05, 0) is 5.56 Å². The molecule has 0 fully saturated rings. The summed E-state index contributed by atoms with van der Waals surface area (Å²) in [6.45, 7) is -0.265. The summed E-state index contributed by atoms with van der Waals surface area (Å²) in [6.07, 6.45) is 2.98. The highest BCUT2D eigenvalue weighted by molar-refractivity contribution is 5.84. The number of nitrogens with one attached hydrogen (secondary N) is 1. The van der Waals surface area contributed by atoms with E-state index < -0.39 is 17.9 Å². The normalized spacial score (nSPS) is 11.9. The van der Waals surface area contributed by atoms with Gasteiger partial charge in [-0.1, -0.05) is 30.3 Å². The second kappa shape index (κ2) is 7.81. The van der Waals surface area contributed by atoms with E-state index in [-0.39, 0.29) is 18.5 Å². The number of aromatic nitrogens is 4. The Kier molecular flexibility index (Phi) is 5.30. The molecule has 3 rings (SSSR count). The molecule has 0 aliphatic heterocycles. The molecule has 1 N–H and O–H groups in total. The number of fused-ring (bicyclic) bond motifs is 1. The van der Waals surface area contributed by atoms with Crippen molar-refractivity contribution in [2.24, 2.45) is 7.05 Å². The quantitative estimate of drug-likeness (QED) is 0.614. The summed E-state index contributed by atoms with van der Waals surface area (Å²) in [5.74, 6) is -1.05. The Morgan fingerprint density at radius 1 is 1.26 bits per heavy atom. The van der Waals surface area contributed by atoms with Gasteiger partial charge in [-0.25, -0.2) is 9.78 Å². The molecular weight excluding hydrogens is 350 g/mol. The lowest BCUT2D eigenvalue weighted by molar-refractivity contribution is -0.145. The molecule has 0 radical (unpaired) electrons. The molecule has 0 saturated carbocycles. The van der Waals surface area contributed by atoms with Crippen molar-refractivity contribution >= 4 is 22.9 Å². The molecule has 1 amide bonds.